The average Bonchev–Trinajstić information content (AvgIpc) is 2.24. The fraction of sp³-hybridized carbons (Fsp3) is 0.0833. The van der Waals surface area contributed by atoms with E-state index >= 15 is 0 Å². The molecule has 1 aliphatic rings. The van der Waals surface area contributed by atoms with Crippen molar-refractivity contribution in [2.75, 3.05) is 5.73 Å². The number of hydrogen-bond donors (Lipinski definition) is 1. The van der Waals surface area contributed by atoms with Crippen LogP contribution in [0.1, 0.15) is 11.1 Å². The van der Waals surface area contributed by atoms with E-state index in [-0.39, 0.29) is 0 Å². The summed E-state index contributed by atoms with van der Waals surface area (Å²) in [5.41, 5.74) is 9.22. The van der Waals surface area contributed by atoms with Gasteiger partial charge in [0.25, 0.3) is 0 Å². The zero-order chi connectivity index (χ0) is 9.54. The molecule has 3 rings (SSSR count). The molecule has 0 saturated carbocycles. The lowest BCUT2D eigenvalue weighted by atomic mass is 9.97. The first kappa shape index (κ1) is 7.56. The highest BCUT2D eigenvalue weighted by atomic mass is 14.7. The Bertz CT molecular complexity index is 541. The molecule has 0 amide bonds. The molecule has 2 nitrogen and oxygen atoms in total. The molecule has 0 fully saturated rings. The van der Waals surface area contributed by atoms with Crippen molar-refractivity contribution < 1.29 is 0 Å². The first-order valence-electron chi connectivity index (χ1n) is 4.66. The van der Waals surface area contributed by atoms with Crippen molar-refractivity contribution in [3.05, 3.63) is 41.5 Å². The summed E-state index contributed by atoms with van der Waals surface area (Å²) in [6, 6.07) is 10.2. The number of aliphatic imine (C=N–C) groups is 1. The number of anilines is 1. The van der Waals surface area contributed by atoms with Crippen LogP contribution in [0.4, 0.5) is 5.69 Å². The Morgan fingerprint density at radius 3 is 3.00 bits per heavy atom. The molecule has 0 atom stereocenters. The molecule has 0 saturated heterocycles. The molecule has 14 heavy (non-hydrogen) atoms. The molecule has 0 aromatic heterocycles. The number of nitrogens with two attached hydrogens (primary N) is 1. The molecule has 1 heterocycles. The molecule has 68 valence electrons. The number of nitrogens with zero attached hydrogens (tertiary/aromatic N) is 1. The van der Waals surface area contributed by atoms with Gasteiger partial charge in [-0.2, -0.15) is 0 Å². The van der Waals surface area contributed by atoms with Gasteiger partial charge in [0.05, 0.1) is 6.54 Å². The van der Waals surface area contributed by atoms with Gasteiger partial charge in [-0.1, -0.05) is 24.3 Å². The Morgan fingerprint density at radius 2 is 2.07 bits per heavy atom. The SMILES string of the molecule is Nc1ccc2c3c(cccc13)CN=C2. The van der Waals surface area contributed by atoms with Gasteiger partial charge in [-0.15, -0.1) is 0 Å². The van der Waals surface area contributed by atoms with Gasteiger partial charge in [-0.25, -0.2) is 0 Å². The predicted octanol–water partition coefficient (Wildman–Crippen LogP) is 2.35. The van der Waals surface area contributed by atoms with Crippen molar-refractivity contribution in [3.63, 3.8) is 0 Å². The van der Waals surface area contributed by atoms with E-state index in [0.29, 0.717) is 0 Å². The maximum atomic E-state index is 5.93. The van der Waals surface area contributed by atoms with Crippen LogP contribution in [-0.2, 0) is 6.54 Å². The van der Waals surface area contributed by atoms with Gasteiger partial charge >= 0.3 is 0 Å². The van der Waals surface area contributed by atoms with Crippen LogP contribution in [0.3, 0.4) is 0 Å². The smallest absolute Gasteiger partial charge is 0.0646 e. The minimum absolute atomic E-state index is 0.772. The van der Waals surface area contributed by atoms with Gasteiger partial charge in [0, 0.05) is 22.9 Å². The monoisotopic (exact) mass is 182 g/mol. The Labute approximate surface area is 82.1 Å². The highest BCUT2D eigenvalue weighted by Crippen LogP contribution is 2.29. The molecule has 1 aliphatic heterocycles. The van der Waals surface area contributed by atoms with Crippen molar-refractivity contribution in [1.29, 1.82) is 0 Å². The fourth-order valence-electron chi connectivity index (χ4n) is 2.02. The van der Waals surface area contributed by atoms with Crippen LogP contribution >= 0.6 is 0 Å². The van der Waals surface area contributed by atoms with E-state index in [2.05, 4.69) is 17.1 Å². The van der Waals surface area contributed by atoms with Crippen LogP contribution in [0.5, 0.6) is 0 Å². The second-order valence-electron chi connectivity index (χ2n) is 3.55. The number of nitrogen functional groups attached to an aromatic ring is 1. The van der Waals surface area contributed by atoms with Crippen LogP contribution < -0.4 is 5.73 Å². The largest absolute Gasteiger partial charge is 0.398 e. The standard InChI is InChI=1S/C12H10N2/c13-11-5-4-9-7-14-6-8-2-1-3-10(11)12(8)9/h1-5,7H,6,13H2. The highest BCUT2D eigenvalue weighted by molar-refractivity contribution is 6.07. The van der Waals surface area contributed by atoms with E-state index in [9.17, 15) is 0 Å². The van der Waals surface area contributed by atoms with Crippen molar-refractivity contribution in [1.82, 2.24) is 0 Å². The first-order valence-corrected chi connectivity index (χ1v) is 4.66. The third-order valence-electron chi connectivity index (χ3n) is 2.68. The third-order valence-corrected chi connectivity index (χ3v) is 2.68. The van der Waals surface area contributed by atoms with E-state index in [4.69, 9.17) is 5.73 Å². The second kappa shape index (κ2) is 2.58. The summed E-state index contributed by atoms with van der Waals surface area (Å²) in [7, 11) is 0. The van der Waals surface area contributed by atoms with Crippen molar-refractivity contribution in [2.45, 2.75) is 6.54 Å². The number of hydrogen-bond acceptors (Lipinski definition) is 2. The molecule has 0 radical (unpaired) electrons. The minimum Gasteiger partial charge on any atom is -0.398 e. The second-order valence-corrected chi connectivity index (χ2v) is 3.55. The van der Waals surface area contributed by atoms with Gasteiger partial charge in [-0.05, 0) is 17.0 Å². The zero-order valence-electron chi connectivity index (χ0n) is 7.70. The summed E-state index contributed by atoms with van der Waals surface area (Å²) in [5, 5.41) is 2.41. The van der Waals surface area contributed by atoms with Crippen molar-refractivity contribution in [2.24, 2.45) is 4.99 Å². The van der Waals surface area contributed by atoms with E-state index in [0.717, 1.165) is 17.6 Å². The van der Waals surface area contributed by atoms with Crippen molar-refractivity contribution in [3.8, 4) is 0 Å². The van der Waals surface area contributed by atoms with Crippen LogP contribution in [0.25, 0.3) is 10.8 Å². The van der Waals surface area contributed by atoms with Crippen LogP contribution in [0.2, 0.25) is 0 Å². The molecular weight excluding hydrogens is 172 g/mol. The first-order chi connectivity index (χ1) is 6.86. The number of rotatable bonds is 0. The molecule has 0 aliphatic carbocycles. The molecule has 0 unspecified atom stereocenters. The Kier molecular flexibility index (Phi) is 1.39. The fourth-order valence-corrected chi connectivity index (χ4v) is 2.02. The average molecular weight is 182 g/mol. The summed E-state index contributed by atoms with van der Waals surface area (Å²) in [6.07, 6.45) is 1.93. The Hall–Kier alpha value is -1.83. The van der Waals surface area contributed by atoms with Gasteiger partial charge in [0.2, 0.25) is 0 Å². The maximum Gasteiger partial charge on any atom is 0.0646 e. The number of benzene rings is 2. The maximum absolute atomic E-state index is 5.93. The summed E-state index contributed by atoms with van der Waals surface area (Å²) in [6.45, 7) is 0.772. The minimum atomic E-state index is 0.772. The van der Waals surface area contributed by atoms with E-state index < -0.39 is 0 Å². The Morgan fingerprint density at radius 1 is 1.14 bits per heavy atom. The summed E-state index contributed by atoms with van der Waals surface area (Å²) < 4.78 is 0. The molecule has 0 bridgehead atoms. The lowest BCUT2D eigenvalue weighted by molar-refractivity contribution is 1.08. The quantitative estimate of drug-likeness (QED) is 0.624. The summed E-state index contributed by atoms with van der Waals surface area (Å²) in [4.78, 5) is 4.31. The topological polar surface area (TPSA) is 38.4 Å². The molecule has 2 aromatic carbocycles. The van der Waals surface area contributed by atoms with Gasteiger partial charge < -0.3 is 5.73 Å². The third kappa shape index (κ3) is 0.880. The van der Waals surface area contributed by atoms with Crippen LogP contribution in [0.15, 0.2) is 35.3 Å². The Balaban J connectivity index is 2.56. The van der Waals surface area contributed by atoms with Gasteiger partial charge in [-0.3, -0.25) is 4.99 Å². The summed E-state index contributed by atoms with van der Waals surface area (Å²) >= 11 is 0. The lowest BCUT2D eigenvalue weighted by Gasteiger charge is -2.13. The van der Waals surface area contributed by atoms with Crippen LogP contribution in [0, 0.1) is 0 Å². The molecule has 0 spiro atoms. The lowest BCUT2D eigenvalue weighted by Crippen LogP contribution is -1.99. The van der Waals surface area contributed by atoms with E-state index in [1.165, 1.54) is 16.5 Å². The normalized spacial score (nSPS) is 13.4. The molecule has 2 N–H and O–H groups in total. The zero-order valence-corrected chi connectivity index (χ0v) is 7.70. The predicted molar refractivity (Wildman–Crippen MR) is 59.7 cm³/mol. The molecular formula is C12H10N2. The highest BCUT2D eigenvalue weighted by Gasteiger charge is 2.09. The molecule has 2 aromatic rings. The van der Waals surface area contributed by atoms with E-state index in [1.54, 1.807) is 0 Å². The molecule has 2 heteroatoms. The summed E-state index contributed by atoms with van der Waals surface area (Å²) in [5.74, 6) is 0. The van der Waals surface area contributed by atoms with Crippen molar-refractivity contribution >= 4 is 22.7 Å². The van der Waals surface area contributed by atoms with Gasteiger partial charge in [0.15, 0.2) is 0 Å². The van der Waals surface area contributed by atoms with Gasteiger partial charge in [0.1, 0.15) is 0 Å². The van der Waals surface area contributed by atoms with E-state index in [1.807, 2.05) is 24.4 Å². The van der Waals surface area contributed by atoms with Crippen LogP contribution in [-0.4, -0.2) is 6.21 Å².